The zero-order valence-electron chi connectivity index (χ0n) is 10.4. The fraction of sp³-hybridized carbons (Fsp3) is 0.357. The summed E-state index contributed by atoms with van der Waals surface area (Å²) in [4.78, 5) is 4.67. The summed E-state index contributed by atoms with van der Waals surface area (Å²) in [6.07, 6.45) is 4.73. The van der Waals surface area contributed by atoms with Gasteiger partial charge in [0.2, 0.25) is 0 Å². The standard InChI is InChI=1S/C14H17N3Se/c15-14-10-12(16-6-1-2-7-16)5-8-17(14)11-13-4-3-9-18-13/h3-5,8-10,15H,1-2,6-7,11H2/p+1. The molecule has 0 aromatic carbocycles. The number of anilines is 2. The Balaban J connectivity index is 1.80. The van der Waals surface area contributed by atoms with Crippen molar-refractivity contribution in [2.75, 3.05) is 23.7 Å². The van der Waals surface area contributed by atoms with E-state index < -0.39 is 0 Å². The molecule has 2 aromatic heterocycles. The third kappa shape index (κ3) is 2.45. The van der Waals surface area contributed by atoms with E-state index in [9.17, 15) is 0 Å². The molecule has 3 heterocycles. The topological polar surface area (TPSA) is 33.1 Å². The Bertz CT molecular complexity index is 516. The number of nitrogens with zero attached hydrogens (tertiary/aromatic N) is 2. The van der Waals surface area contributed by atoms with Gasteiger partial charge in [0.15, 0.2) is 0 Å². The van der Waals surface area contributed by atoms with Crippen molar-refractivity contribution in [3.8, 4) is 0 Å². The molecule has 0 saturated carbocycles. The fourth-order valence-electron chi connectivity index (χ4n) is 2.42. The van der Waals surface area contributed by atoms with Gasteiger partial charge in [-0.15, -0.1) is 0 Å². The van der Waals surface area contributed by atoms with Crippen molar-refractivity contribution in [1.82, 2.24) is 0 Å². The van der Waals surface area contributed by atoms with E-state index in [1.165, 1.54) is 36.1 Å². The van der Waals surface area contributed by atoms with Crippen LogP contribution in [0.1, 0.15) is 17.3 Å². The molecule has 2 aromatic rings. The van der Waals surface area contributed by atoms with Crippen LogP contribution in [-0.2, 0) is 6.54 Å². The second-order valence-electron chi connectivity index (χ2n) is 4.71. The number of nitrogen functional groups attached to an aromatic ring is 1. The van der Waals surface area contributed by atoms with Crippen molar-refractivity contribution >= 4 is 26.0 Å². The first kappa shape index (κ1) is 11.8. The van der Waals surface area contributed by atoms with Crippen LogP contribution in [0.5, 0.6) is 0 Å². The van der Waals surface area contributed by atoms with E-state index in [0.717, 1.165) is 12.4 Å². The Morgan fingerprint density at radius 2 is 2.11 bits per heavy atom. The monoisotopic (exact) mass is 308 g/mol. The second-order valence-corrected chi connectivity index (χ2v) is 6.88. The first-order valence-corrected chi connectivity index (χ1v) is 8.24. The van der Waals surface area contributed by atoms with Gasteiger partial charge in [-0.3, -0.25) is 0 Å². The Labute approximate surface area is 114 Å². The van der Waals surface area contributed by atoms with Crippen LogP contribution < -0.4 is 15.2 Å². The second kappa shape index (κ2) is 5.17. The Kier molecular flexibility index (Phi) is 3.39. The van der Waals surface area contributed by atoms with Gasteiger partial charge in [0.05, 0.1) is 0 Å². The first-order chi connectivity index (χ1) is 8.83. The molecular formula is C14H18N3Se+. The maximum atomic E-state index is 6.16. The SMILES string of the molecule is Nc1cc(N2CCCC2)cc[n+]1Cc1ccc[se]1. The first-order valence-electron chi connectivity index (χ1n) is 6.39. The average Bonchev–Trinajstić information content (AvgIpc) is 3.04. The molecule has 1 fully saturated rings. The van der Waals surface area contributed by atoms with Crippen LogP contribution in [0.25, 0.3) is 0 Å². The number of aromatic nitrogens is 1. The fourth-order valence-corrected chi connectivity index (χ4v) is 3.90. The molecule has 0 aliphatic carbocycles. The average molecular weight is 307 g/mol. The minimum absolute atomic E-state index is 0.521. The van der Waals surface area contributed by atoms with Gasteiger partial charge >= 0.3 is 114 Å². The van der Waals surface area contributed by atoms with Crippen molar-refractivity contribution in [3.63, 3.8) is 0 Å². The van der Waals surface area contributed by atoms with Crippen molar-refractivity contribution in [2.24, 2.45) is 0 Å². The van der Waals surface area contributed by atoms with Gasteiger partial charge < -0.3 is 0 Å². The zero-order chi connectivity index (χ0) is 12.4. The number of hydrogen-bond acceptors (Lipinski definition) is 2. The summed E-state index contributed by atoms with van der Waals surface area (Å²) in [6.45, 7) is 3.27. The van der Waals surface area contributed by atoms with Gasteiger partial charge in [-0.05, 0) is 0 Å². The van der Waals surface area contributed by atoms with Crippen molar-refractivity contribution in [3.05, 3.63) is 39.8 Å². The molecule has 18 heavy (non-hydrogen) atoms. The molecule has 4 heteroatoms. The molecule has 0 unspecified atom stereocenters. The molecule has 94 valence electrons. The van der Waals surface area contributed by atoms with Crippen LogP contribution in [0, 0.1) is 0 Å². The van der Waals surface area contributed by atoms with Crippen LogP contribution in [0.2, 0.25) is 0 Å². The predicted octanol–water partition coefficient (Wildman–Crippen LogP) is 1.26. The van der Waals surface area contributed by atoms with Crippen molar-refractivity contribution in [2.45, 2.75) is 19.4 Å². The number of hydrogen-bond donors (Lipinski definition) is 1. The van der Waals surface area contributed by atoms with Crippen LogP contribution >= 0.6 is 0 Å². The summed E-state index contributed by atoms with van der Waals surface area (Å²) in [5.41, 5.74) is 7.43. The maximum absolute atomic E-state index is 6.16. The van der Waals surface area contributed by atoms with Crippen LogP contribution in [0.4, 0.5) is 11.5 Å². The molecule has 1 aliphatic rings. The molecule has 1 saturated heterocycles. The van der Waals surface area contributed by atoms with Gasteiger partial charge in [-0.1, -0.05) is 0 Å². The summed E-state index contributed by atoms with van der Waals surface area (Å²) < 4.78 is 3.62. The van der Waals surface area contributed by atoms with Gasteiger partial charge in [-0.2, -0.15) is 0 Å². The van der Waals surface area contributed by atoms with Crippen LogP contribution in [0.15, 0.2) is 35.4 Å². The quantitative estimate of drug-likeness (QED) is 0.684. The summed E-state index contributed by atoms with van der Waals surface area (Å²) in [6, 6.07) is 8.66. The molecule has 3 rings (SSSR count). The van der Waals surface area contributed by atoms with E-state index in [-0.39, 0.29) is 0 Å². The Hall–Kier alpha value is -1.25. The number of pyridine rings is 1. The van der Waals surface area contributed by atoms with Gasteiger partial charge in [0.25, 0.3) is 0 Å². The Morgan fingerprint density at radius 1 is 1.28 bits per heavy atom. The van der Waals surface area contributed by atoms with Gasteiger partial charge in [0.1, 0.15) is 0 Å². The van der Waals surface area contributed by atoms with E-state index in [0.29, 0.717) is 14.5 Å². The van der Waals surface area contributed by atoms with Crippen molar-refractivity contribution < 1.29 is 4.57 Å². The summed E-state index contributed by atoms with van der Waals surface area (Å²) >= 11 is 0.521. The minimum atomic E-state index is 0.521. The van der Waals surface area contributed by atoms with E-state index in [2.05, 4.69) is 44.9 Å². The van der Waals surface area contributed by atoms with E-state index in [4.69, 9.17) is 5.73 Å². The van der Waals surface area contributed by atoms with E-state index >= 15 is 0 Å². The molecule has 3 nitrogen and oxygen atoms in total. The normalized spacial score (nSPS) is 15.2. The summed E-state index contributed by atoms with van der Waals surface area (Å²) in [7, 11) is 0. The molecule has 0 atom stereocenters. The van der Waals surface area contributed by atoms with Gasteiger partial charge in [-0.25, -0.2) is 0 Å². The third-order valence-electron chi connectivity index (χ3n) is 3.43. The van der Waals surface area contributed by atoms with Crippen molar-refractivity contribution in [1.29, 1.82) is 0 Å². The molecular weight excluding hydrogens is 289 g/mol. The summed E-state index contributed by atoms with van der Waals surface area (Å²) in [5, 5.41) is 0. The predicted molar refractivity (Wildman–Crippen MR) is 75.0 cm³/mol. The van der Waals surface area contributed by atoms with Crippen LogP contribution in [-0.4, -0.2) is 27.6 Å². The Morgan fingerprint density at radius 3 is 2.78 bits per heavy atom. The molecule has 0 bridgehead atoms. The molecule has 1 aliphatic heterocycles. The van der Waals surface area contributed by atoms with Crippen LogP contribution in [0.3, 0.4) is 0 Å². The van der Waals surface area contributed by atoms with E-state index in [1.807, 2.05) is 0 Å². The molecule has 0 radical (unpaired) electrons. The number of nitrogens with two attached hydrogens (primary N) is 1. The van der Waals surface area contributed by atoms with Gasteiger partial charge in [0, 0.05) is 0 Å². The molecule has 2 N–H and O–H groups in total. The summed E-state index contributed by atoms with van der Waals surface area (Å²) in [5.74, 6) is 0.864. The number of rotatable bonds is 3. The molecule has 0 amide bonds. The van der Waals surface area contributed by atoms with E-state index in [1.54, 1.807) is 0 Å². The third-order valence-corrected chi connectivity index (χ3v) is 5.24. The zero-order valence-corrected chi connectivity index (χ0v) is 12.1. The molecule has 0 spiro atoms.